The van der Waals surface area contributed by atoms with Crippen molar-refractivity contribution in [3.8, 4) is 0 Å². The molecule has 0 aromatic carbocycles. The summed E-state index contributed by atoms with van der Waals surface area (Å²) in [5.74, 6) is -0.632. The normalized spacial score (nSPS) is 18.4. The smallest absolute Gasteiger partial charge is 0.411 e. The highest BCUT2D eigenvalue weighted by Crippen LogP contribution is 2.31. The molecule has 1 saturated carbocycles. The second kappa shape index (κ2) is 5.77. The van der Waals surface area contributed by atoms with Crippen molar-refractivity contribution in [3.63, 3.8) is 0 Å². The average Bonchev–Trinajstić information content (AvgIpc) is 3.05. The van der Waals surface area contributed by atoms with Gasteiger partial charge in [0.25, 0.3) is 0 Å². The van der Waals surface area contributed by atoms with Crippen molar-refractivity contribution in [2.75, 3.05) is 7.11 Å². The third-order valence-corrected chi connectivity index (χ3v) is 2.74. The van der Waals surface area contributed by atoms with Gasteiger partial charge in [-0.1, -0.05) is 0 Å². The van der Waals surface area contributed by atoms with E-state index in [2.05, 4.69) is 4.74 Å². The fourth-order valence-electron chi connectivity index (χ4n) is 1.82. The first-order chi connectivity index (χ1) is 8.67. The quantitative estimate of drug-likeness (QED) is 0.781. The number of hydrogen-bond donors (Lipinski definition) is 1. The first kappa shape index (κ1) is 15.8. The summed E-state index contributed by atoms with van der Waals surface area (Å²) in [6.07, 6.45) is 0.00528. The van der Waals surface area contributed by atoms with Crippen LogP contribution >= 0.6 is 0 Å². The number of ether oxygens (including phenoxy) is 2. The number of amides is 1. The van der Waals surface area contributed by atoms with Crippen LogP contribution in [0.5, 0.6) is 0 Å². The molecule has 1 rings (SSSR count). The molecule has 1 fully saturated rings. The zero-order chi connectivity index (χ0) is 14.8. The summed E-state index contributed by atoms with van der Waals surface area (Å²) >= 11 is 0. The molecule has 2 atom stereocenters. The largest absolute Gasteiger partial charge is 0.467 e. The van der Waals surface area contributed by atoms with Crippen molar-refractivity contribution >= 4 is 12.1 Å². The maximum absolute atomic E-state index is 12.2. The van der Waals surface area contributed by atoms with Gasteiger partial charge in [-0.2, -0.15) is 0 Å². The number of methoxy groups -OCH3 is 1. The van der Waals surface area contributed by atoms with Crippen LogP contribution in [-0.4, -0.2) is 53.0 Å². The predicted molar refractivity (Wildman–Crippen MR) is 68.6 cm³/mol. The minimum atomic E-state index is -1.02. The van der Waals surface area contributed by atoms with E-state index < -0.39 is 29.8 Å². The van der Waals surface area contributed by atoms with Crippen LogP contribution in [0.1, 0.15) is 40.5 Å². The summed E-state index contributed by atoms with van der Waals surface area (Å²) in [6.45, 7) is 6.73. The molecule has 1 aliphatic rings. The highest BCUT2D eigenvalue weighted by atomic mass is 16.6. The van der Waals surface area contributed by atoms with E-state index in [0.717, 1.165) is 12.8 Å². The van der Waals surface area contributed by atoms with E-state index in [9.17, 15) is 14.7 Å². The number of nitrogens with zero attached hydrogens (tertiary/aromatic N) is 1. The predicted octanol–water partition coefficient (Wildman–Crippen LogP) is 1.31. The minimum Gasteiger partial charge on any atom is -0.467 e. The van der Waals surface area contributed by atoms with Gasteiger partial charge in [0.15, 0.2) is 6.04 Å². The lowest BCUT2D eigenvalue weighted by Crippen LogP contribution is -2.53. The molecule has 0 aliphatic heterocycles. The van der Waals surface area contributed by atoms with Crippen LogP contribution in [0.25, 0.3) is 0 Å². The number of esters is 1. The van der Waals surface area contributed by atoms with Gasteiger partial charge < -0.3 is 14.6 Å². The highest BCUT2D eigenvalue weighted by Gasteiger charge is 2.45. The number of hydrogen-bond acceptors (Lipinski definition) is 5. The average molecular weight is 273 g/mol. The van der Waals surface area contributed by atoms with Gasteiger partial charge >= 0.3 is 12.1 Å². The molecule has 0 radical (unpaired) electrons. The Balaban J connectivity index is 2.91. The molecule has 6 nitrogen and oxygen atoms in total. The van der Waals surface area contributed by atoms with Crippen LogP contribution in [0.2, 0.25) is 0 Å². The van der Waals surface area contributed by atoms with Crippen LogP contribution < -0.4 is 0 Å². The molecule has 0 heterocycles. The molecule has 0 spiro atoms. The Bertz CT molecular complexity index is 343. The number of aliphatic hydroxyl groups excluding tert-OH is 1. The van der Waals surface area contributed by atoms with Crippen molar-refractivity contribution in [1.29, 1.82) is 0 Å². The van der Waals surface area contributed by atoms with Gasteiger partial charge in [0.05, 0.1) is 13.2 Å². The zero-order valence-electron chi connectivity index (χ0n) is 12.2. The Morgan fingerprint density at radius 3 is 2.16 bits per heavy atom. The van der Waals surface area contributed by atoms with Crippen LogP contribution in [0.15, 0.2) is 0 Å². The molecule has 110 valence electrons. The van der Waals surface area contributed by atoms with Gasteiger partial charge in [0.2, 0.25) is 0 Å². The van der Waals surface area contributed by atoms with Crippen molar-refractivity contribution < 1.29 is 24.2 Å². The molecule has 1 amide bonds. The van der Waals surface area contributed by atoms with Crippen LogP contribution in [0.3, 0.4) is 0 Å². The fourth-order valence-corrected chi connectivity index (χ4v) is 1.82. The van der Waals surface area contributed by atoms with E-state index in [-0.39, 0.29) is 6.04 Å². The van der Waals surface area contributed by atoms with Crippen molar-refractivity contribution in [3.05, 3.63) is 0 Å². The second-order valence-corrected chi connectivity index (χ2v) is 5.83. The van der Waals surface area contributed by atoms with E-state index in [1.165, 1.54) is 18.9 Å². The molecule has 1 aliphatic carbocycles. The minimum absolute atomic E-state index is 0.0615. The van der Waals surface area contributed by atoms with Crippen LogP contribution in [0, 0.1) is 0 Å². The summed E-state index contributed by atoms with van der Waals surface area (Å²) < 4.78 is 9.96. The van der Waals surface area contributed by atoms with Crippen molar-refractivity contribution in [1.82, 2.24) is 4.90 Å². The lowest BCUT2D eigenvalue weighted by molar-refractivity contribution is -0.151. The Morgan fingerprint density at radius 2 is 1.84 bits per heavy atom. The third kappa shape index (κ3) is 4.38. The van der Waals surface area contributed by atoms with Gasteiger partial charge in [-0.25, -0.2) is 9.59 Å². The van der Waals surface area contributed by atoms with Crippen molar-refractivity contribution in [2.24, 2.45) is 0 Å². The Morgan fingerprint density at radius 1 is 1.32 bits per heavy atom. The maximum Gasteiger partial charge on any atom is 0.411 e. The van der Waals surface area contributed by atoms with Crippen LogP contribution in [0.4, 0.5) is 4.79 Å². The van der Waals surface area contributed by atoms with Gasteiger partial charge in [-0.05, 0) is 40.5 Å². The van der Waals surface area contributed by atoms with Crippen molar-refractivity contribution in [2.45, 2.75) is 64.3 Å². The third-order valence-electron chi connectivity index (χ3n) is 2.74. The monoisotopic (exact) mass is 273 g/mol. The Hall–Kier alpha value is -1.30. The lowest BCUT2D eigenvalue weighted by atomic mass is 10.1. The Labute approximate surface area is 113 Å². The number of rotatable bonds is 4. The van der Waals surface area contributed by atoms with Gasteiger partial charge in [0, 0.05) is 6.04 Å². The molecule has 0 aromatic rings. The van der Waals surface area contributed by atoms with E-state index in [1.54, 1.807) is 20.8 Å². The van der Waals surface area contributed by atoms with E-state index in [4.69, 9.17) is 4.74 Å². The van der Waals surface area contributed by atoms with E-state index in [1.807, 2.05) is 0 Å². The topological polar surface area (TPSA) is 76.1 Å². The summed E-state index contributed by atoms with van der Waals surface area (Å²) in [7, 11) is 1.23. The maximum atomic E-state index is 12.2. The first-order valence-electron chi connectivity index (χ1n) is 6.44. The Kier molecular flexibility index (Phi) is 4.79. The molecule has 19 heavy (non-hydrogen) atoms. The number of carbonyl (C=O) groups excluding carboxylic acids is 2. The zero-order valence-corrected chi connectivity index (χ0v) is 12.2. The summed E-state index contributed by atoms with van der Waals surface area (Å²) in [6, 6.07) is -1.08. The van der Waals surface area contributed by atoms with Gasteiger partial charge in [-0.3, -0.25) is 4.90 Å². The standard InChI is InChI=1S/C13H23NO5/c1-8(15)10(11(16)18-5)14(9-6-7-9)12(17)19-13(2,3)4/h8-10,15H,6-7H2,1-5H3/t8-,10+/m1/s1. The molecule has 0 aromatic heterocycles. The summed E-state index contributed by atoms with van der Waals surface area (Å²) in [5, 5.41) is 9.76. The lowest BCUT2D eigenvalue weighted by Gasteiger charge is -2.33. The number of aliphatic hydroxyl groups is 1. The molecule has 0 bridgehead atoms. The fraction of sp³-hybridized carbons (Fsp3) is 0.846. The van der Waals surface area contributed by atoms with Gasteiger partial charge in [-0.15, -0.1) is 0 Å². The molecular formula is C13H23NO5. The second-order valence-electron chi connectivity index (χ2n) is 5.83. The van der Waals surface area contributed by atoms with E-state index >= 15 is 0 Å². The molecule has 1 N–H and O–H groups in total. The first-order valence-corrected chi connectivity index (χ1v) is 6.44. The van der Waals surface area contributed by atoms with Crippen LogP contribution in [-0.2, 0) is 14.3 Å². The SMILES string of the molecule is COC(=O)[C@H]([C@@H](C)O)N(C(=O)OC(C)(C)C)C1CC1. The molecule has 6 heteroatoms. The van der Waals surface area contributed by atoms with Gasteiger partial charge in [0.1, 0.15) is 5.60 Å². The highest BCUT2D eigenvalue weighted by molar-refractivity contribution is 5.82. The van der Waals surface area contributed by atoms with E-state index in [0.29, 0.717) is 0 Å². The summed E-state index contributed by atoms with van der Waals surface area (Å²) in [5.41, 5.74) is -0.649. The number of carbonyl (C=O) groups is 2. The molecule has 0 saturated heterocycles. The molecular weight excluding hydrogens is 250 g/mol. The molecule has 0 unspecified atom stereocenters. The summed E-state index contributed by atoms with van der Waals surface area (Å²) in [4.78, 5) is 25.3.